The number of nitrogens with one attached hydrogen (secondary N) is 1. The lowest BCUT2D eigenvalue weighted by molar-refractivity contribution is -0.127. The highest BCUT2D eigenvalue weighted by Gasteiger charge is 2.34. The van der Waals surface area contributed by atoms with Crippen LogP contribution in [-0.2, 0) is 4.79 Å². The number of nitrogens with zero attached hydrogens (tertiary/aromatic N) is 2. The molecule has 1 aromatic rings. The predicted octanol–water partition coefficient (Wildman–Crippen LogP) is 0.443. The average Bonchev–Trinajstić information content (AvgIpc) is 2.48. The minimum atomic E-state index is -0.815. The summed E-state index contributed by atoms with van der Waals surface area (Å²) in [7, 11) is 1.54. The maximum absolute atomic E-state index is 13.8. The number of hydrogen-bond donors (Lipinski definition) is 2. The van der Waals surface area contributed by atoms with E-state index in [1.807, 2.05) is 4.90 Å². The number of rotatable bonds is 4. The van der Waals surface area contributed by atoms with Crippen LogP contribution in [0.5, 0.6) is 0 Å². The molecule has 0 aliphatic carbocycles. The maximum Gasteiger partial charge on any atom is 0.246 e. The molecular formula is C15H22FN3O2. The highest BCUT2D eigenvalue weighted by atomic mass is 19.1. The van der Waals surface area contributed by atoms with Gasteiger partial charge in [0.2, 0.25) is 5.91 Å². The summed E-state index contributed by atoms with van der Waals surface area (Å²) in [5.74, 6) is -0.741. The Kier molecular flexibility index (Phi) is 5.27. The minimum Gasteiger partial charge on any atom is -0.391 e. The molecule has 1 saturated heterocycles. The number of aliphatic hydroxyl groups excluding tert-OH is 1. The van der Waals surface area contributed by atoms with Crippen molar-refractivity contribution in [3.8, 4) is 0 Å². The molecule has 2 rings (SSSR count). The van der Waals surface area contributed by atoms with Crippen molar-refractivity contribution in [1.29, 1.82) is 0 Å². The van der Waals surface area contributed by atoms with Crippen LogP contribution in [0.15, 0.2) is 24.3 Å². The second-order valence-corrected chi connectivity index (χ2v) is 5.32. The van der Waals surface area contributed by atoms with Crippen LogP contribution in [0.1, 0.15) is 6.92 Å². The molecule has 116 valence electrons. The number of para-hydroxylation sites is 1. The third-order valence-electron chi connectivity index (χ3n) is 3.80. The van der Waals surface area contributed by atoms with Crippen molar-refractivity contribution >= 4 is 11.6 Å². The van der Waals surface area contributed by atoms with Crippen LogP contribution < -0.4 is 10.2 Å². The molecule has 1 aromatic carbocycles. The van der Waals surface area contributed by atoms with E-state index in [1.54, 1.807) is 32.2 Å². The third-order valence-corrected chi connectivity index (χ3v) is 3.80. The summed E-state index contributed by atoms with van der Waals surface area (Å²) in [6.45, 7) is 4.53. The van der Waals surface area contributed by atoms with Crippen LogP contribution in [0.25, 0.3) is 0 Å². The van der Waals surface area contributed by atoms with Gasteiger partial charge in [0.25, 0.3) is 0 Å². The lowest BCUT2D eigenvalue weighted by Gasteiger charge is -2.37. The number of carbonyl (C=O) groups excluding carboxylic acids is 1. The van der Waals surface area contributed by atoms with Gasteiger partial charge in [-0.25, -0.2) is 4.39 Å². The smallest absolute Gasteiger partial charge is 0.246 e. The standard InChI is InChI=1S/C15H22FN3O2/c1-11(20)14(19-9-7-17-8-10-19)15(21)18(2)13-6-4-3-5-12(13)16/h3-6,11,14,17,20H,7-10H2,1-2H3. The molecule has 1 fully saturated rings. The summed E-state index contributed by atoms with van der Waals surface area (Å²) in [5.41, 5.74) is 0.225. The fourth-order valence-electron chi connectivity index (χ4n) is 2.67. The van der Waals surface area contributed by atoms with E-state index in [9.17, 15) is 14.3 Å². The Balaban J connectivity index is 2.20. The zero-order valence-corrected chi connectivity index (χ0v) is 12.4. The van der Waals surface area contributed by atoms with Crippen LogP contribution >= 0.6 is 0 Å². The van der Waals surface area contributed by atoms with E-state index >= 15 is 0 Å². The molecule has 2 N–H and O–H groups in total. The zero-order chi connectivity index (χ0) is 15.4. The Morgan fingerprint density at radius 2 is 2.00 bits per heavy atom. The fraction of sp³-hybridized carbons (Fsp3) is 0.533. The second-order valence-electron chi connectivity index (χ2n) is 5.32. The number of aliphatic hydroxyl groups is 1. The molecule has 6 heteroatoms. The van der Waals surface area contributed by atoms with E-state index in [0.717, 1.165) is 13.1 Å². The first kappa shape index (κ1) is 15.9. The van der Waals surface area contributed by atoms with E-state index in [0.29, 0.717) is 13.1 Å². The van der Waals surface area contributed by atoms with E-state index in [2.05, 4.69) is 5.32 Å². The Bertz CT molecular complexity index is 490. The molecule has 1 aliphatic rings. The molecule has 0 bridgehead atoms. The Morgan fingerprint density at radius 1 is 1.38 bits per heavy atom. The number of hydrogen-bond acceptors (Lipinski definition) is 4. The van der Waals surface area contributed by atoms with E-state index < -0.39 is 18.0 Å². The molecule has 5 nitrogen and oxygen atoms in total. The number of likely N-dealkylation sites (N-methyl/N-ethyl adjacent to an activating group) is 1. The van der Waals surface area contributed by atoms with Gasteiger partial charge in [-0.05, 0) is 19.1 Å². The van der Waals surface area contributed by atoms with Gasteiger partial charge in [-0.3, -0.25) is 9.69 Å². The highest BCUT2D eigenvalue weighted by molar-refractivity contribution is 5.97. The summed E-state index contributed by atoms with van der Waals surface area (Å²) in [5, 5.41) is 13.2. The van der Waals surface area contributed by atoms with Crippen molar-refractivity contribution in [2.24, 2.45) is 0 Å². The second kappa shape index (κ2) is 6.98. The van der Waals surface area contributed by atoms with Gasteiger partial charge in [-0.2, -0.15) is 0 Å². The SMILES string of the molecule is CC(O)C(C(=O)N(C)c1ccccc1F)N1CCNCC1. The van der Waals surface area contributed by atoms with Gasteiger partial charge >= 0.3 is 0 Å². The van der Waals surface area contributed by atoms with Crippen LogP contribution in [0.2, 0.25) is 0 Å². The van der Waals surface area contributed by atoms with Gasteiger partial charge in [-0.1, -0.05) is 12.1 Å². The average molecular weight is 295 g/mol. The quantitative estimate of drug-likeness (QED) is 0.846. The van der Waals surface area contributed by atoms with Crippen molar-refractivity contribution in [3.05, 3.63) is 30.1 Å². The largest absolute Gasteiger partial charge is 0.391 e. The van der Waals surface area contributed by atoms with Crippen LogP contribution in [0, 0.1) is 5.82 Å². The first-order valence-corrected chi connectivity index (χ1v) is 7.17. The van der Waals surface area contributed by atoms with Gasteiger partial charge in [0.1, 0.15) is 11.9 Å². The van der Waals surface area contributed by atoms with E-state index in [-0.39, 0.29) is 11.6 Å². The molecule has 2 atom stereocenters. The Hall–Kier alpha value is -1.50. The first-order chi connectivity index (χ1) is 10.0. The van der Waals surface area contributed by atoms with Gasteiger partial charge in [0.15, 0.2) is 0 Å². The lowest BCUT2D eigenvalue weighted by atomic mass is 10.1. The zero-order valence-electron chi connectivity index (χ0n) is 12.4. The predicted molar refractivity (Wildman–Crippen MR) is 79.7 cm³/mol. The van der Waals surface area contributed by atoms with Crippen LogP contribution in [-0.4, -0.2) is 61.3 Å². The highest BCUT2D eigenvalue weighted by Crippen LogP contribution is 2.20. The summed E-state index contributed by atoms with van der Waals surface area (Å²) < 4.78 is 13.8. The topological polar surface area (TPSA) is 55.8 Å². The lowest BCUT2D eigenvalue weighted by Crippen LogP contribution is -2.58. The van der Waals surface area contributed by atoms with Gasteiger partial charge in [0.05, 0.1) is 11.8 Å². The maximum atomic E-state index is 13.8. The van der Waals surface area contributed by atoms with Crippen molar-refractivity contribution < 1.29 is 14.3 Å². The third kappa shape index (κ3) is 3.58. The van der Waals surface area contributed by atoms with Crippen molar-refractivity contribution in [2.75, 3.05) is 38.1 Å². The monoisotopic (exact) mass is 295 g/mol. The molecule has 0 saturated carbocycles. The van der Waals surface area contributed by atoms with E-state index in [1.165, 1.54) is 11.0 Å². The summed E-state index contributed by atoms with van der Waals surface area (Å²) >= 11 is 0. The van der Waals surface area contributed by atoms with E-state index in [4.69, 9.17) is 0 Å². The number of anilines is 1. The normalized spacial score (nSPS) is 19.0. The molecule has 21 heavy (non-hydrogen) atoms. The van der Waals surface area contributed by atoms with Crippen molar-refractivity contribution in [1.82, 2.24) is 10.2 Å². The number of piperazine rings is 1. The summed E-state index contributed by atoms with van der Waals surface area (Å²) in [4.78, 5) is 15.9. The first-order valence-electron chi connectivity index (χ1n) is 7.17. The minimum absolute atomic E-state index is 0.225. The molecule has 1 aliphatic heterocycles. The van der Waals surface area contributed by atoms with Crippen LogP contribution in [0.3, 0.4) is 0 Å². The van der Waals surface area contributed by atoms with Crippen LogP contribution in [0.4, 0.5) is 10.1 Å². The summed E-state index contributed by atoms with van der Waals surface area (Å²) in [6.07, 6.45) is -0.815. The molecule has 0 radical (unpaired) electrons. The molecule has 0 aromatic heterocycles. The molecule has 1 amide bonds. The van der Waals surface area contributed by atoms with Gasteiger partial charge in [-0.15, -0.1) is 0 Å². The number of halogens is 1. The van der Waals surface area contributed by atoms with Gasteiger partial charge < -0.3 is 15.3 Å². The fourth-order valence-corrected chi connectivity index (χ4v) is 2.67. The Morgan fingerprint density at radius 3 is 2.57 bits per heavy atom. The molecule has 1 heterocycles. The number of amides is 1. The van der Waals surface area contributed by atoms with Crippen molar-refractivity contribution in [2.45, 2.75) is 19.1 Å². The molecule has 0 spiro atoms. The Labute approximate surface area is 124 Å². The summed E-state index contributed by atoms with van der Waals surface area (Å²) in [6, 6.07) is 5.49. The number of carbonyl (C=O) groups is 1. The molecular weight excluding hydrogens is 273 g/mol. The number of benzene rings is 1. The van der Waals surface area contributed by atoms with Crippen molar-refractivity contribution in [3.63, 3.8) is 0 Å². The van der Waals surface area contributed by atoms with Gasteiger partial charge in [0, 0.05) is 33.2 Å². The molecule has 2 unspecified atom stereocenters.